The lowest BCUT2D eigenvalue weighted by molar-refractivity contribution is -0.136. The molecule has 1 saturated heterocycles. The van der Waals surface area contributed by atoms with E-state index in [2.05, 4.69) is 16.0 Å². The second-order valence-electron chi connectivity index (χ2n) is 5.16. The van der Waals surface area contributed by atoms with Gasteiger partial charge in [0.15, 0.2) is 0 Å². The van der Waals surface area contributed by atoms with Gasteiger partial charge in [0, 0.05) is 24.2 Å². The zero-order valence-corrected chi connectivity index (χ0v) is 12.3. The van der Waals surface area contributed by atoms with E-state index in [0.717, 1.165) is 0 Å². The van der Waals surface area contributed by atoms with Crippen LogP contribution in [0.2, 0.25) is 0 Å². The number of amides is 2. The van der Waals surface area contributed by atoms with Crippen molar-refractivity contribution in [2.45, 2.75) is 25.4 Å². The molecule has 2 rings (SSSR count). The summed E-state index contributed by atoms with van der Waals surface area (Å²) in [4.78, 5) is 44.5. The fourth-order valence-electron chi connectivity index (χ4n) is 2.28. The first kappa shape index (κ1) is 16.6. The molecule has 0 spiro atoms. The van der Waals surface area contributed by atoms with Crippen molar-refractivity contribution in [2.24, 2.45) is 0 Å². The maximum atomic E-state index is 11.7. The average Bonchev–Trinajstić information content (AvgIpc) is 2.52. The van der Waals surface area contributed by atoms with Crippen LogP contribution in [0.15, 0.2) is 18.2 Å². The van der Waals surface area contributed by atoms with Crippen LogP contribution in [0.4, 0.5) is 5.69 Å². The van der Waals surface area contributed by atoms with Crippen LogP contribution >= 0.6 is 0 Å². The van der Waals surface area contributed by atoms with Crippen LogP contribution in [0.1, 0.15) is 28.8 Å². The Morgan fingerprint density at radius 2 is 2.17 bits per heavy atom. The van der Waals surface area contributed by atoms with Gasteiger partial charge < -0.3 is 15.7 Å². The van der Waals surface area contributed by atoms with Crippen molar-refractivity contribution in [1.29, 1.82) is 0 Å². The molecule has 8 heteroatoms. The first-order chi connectivity index (χ1) is 11.0. The Morgan fingerprint density at radius 1 is 1.39 bits per heavy atom. The molecule has 1 aliphatic rings. The van der Waals surface area contributed by atoms with Crippen LogP contribution in [0.25, 0.3) is 0 Å². The van der Waals surface area contributed by atoms with Crippen molar-refractivity contribution in [2.75, 3.05) is 11.9 Å². The van der Waals surface area contributed by atoms with Crippen molar-refractivity contribution in [3.05, 3.63) is 29.3 Å². The third-order valence-electron chi connectivity index (χ3n) is 3.49. The SMILES string of the molecule is O=Cc1ccc(NCC(=O)O)cc1CNC1CCC(=O)NC1=O. The molecule has 1 aromatic carbocycles. The molecule has 1 unspecified atom stereocenters. The fourth-order valence-corrected chi connectivity index (χ4v) is 2.28. The number of anilines is 1. The molecule has 1 atom stereocenters. The van der Waals surface area contributed by atoms with E-state index in [4.69, 9.17) is 5.11 Å². The van der Waals surface area contributed by atoms with Gasteiger partial charge in [0.05, 0.1) is 6.04 Å². The van der Waals surface area contributed by atoms with E-state index in [9.17, 15) is 19.2 Å². The summed E-state index contributed by atoms with van der Waals surface area (Å²) in [6.45, 7) is 0.0173. The molecule has 0 aromatic heterocycles. The Morgan fingerprint density at radius 3 is 2.83 bits per heavy atom. The molecule has 1 aromatic rings. The smallest absolute Gasteiger partial charge is 0.322 e. The van der Waals surface area contributed by atoms with Crippen molar-refractivity contribution < 1.29 is 24.3 Å². The molecular weight excluding hydrogens is 302 g/mol. The summed E-state index contributed by atoms with van der Waals surface area (Å²) in [5.74, 6) is -1.66. The molecule has 0 bridgehead atoms. The minimum Gasteiger partial charge on any atom is -0.480 e. The zero-order valence-electron chi connectivity index (χ0n) is 12.3. The van der Waals surface area contributed by atoms with E-state index in [1.54, 1.807) is 18.2 Å². The largest absolute Gasteiger partial charge is 0.480 e. The van der Waals surface area contributed by atoms with E-state index in [1.807, 2.05) is 0 Å². The predicted molar refractivity (Wildman–Crippen MR) is 81.0 cm³/mol. The minimum atomic E-state index is -0.993. The van der Waals surface area contributed by atoms with Crippen molar-refractivity contribution in [1.82, 2.24) is 10.6 Å². The van der Waals surface area contributed by atoms with E-state index in [-0.39, 0.29) is 31.3 Å². The summed E-state index contributed by atoms with van der Waals surface area (Å²) < 4.78 is 0. The minimum absolute atomic E-state index is 0.236. The number of hydrogen-bond acceptors (Lipinski definition) is 6. The molecule has 0 saturated carbocycles. The Labute approximate surface area is 132 Å². The summed E-state index contributed by atoms with van der Waals surface area (Å²) >= 11 is 0. The van der Waals surface area contributed by atoms with Crippen LogP contribution < -0.4 is 16.0 Å². The zero-order chi connectivity index (χ0) is 16.8. The van der Waals surface area contributed by atoms with Crippen LogP contribution in [-0.2, 0) is 20.9 Å². The standard InChI is InChI=1S/C15H17N3O5/c19-8-9-1-2-11(16-7-14(21)22)5-10(9)6-17-12-3-4-13(20)18-15(12)23/h1-2,5,8,12,16-17H,3-4,6-7H2,(H,21,22)(H,18,20,23). The number of rotatable bonds is 7. The lowest BCUT2D eigenvalue weighted by Crippen LogP contribution is -2.50. The first-order valence-corrected chi connectivity index (χ1v) is 7.10. The highest BCUT2D eigenvalue weighted by atomic mass is 16.4. The van der Waals surface area contributed by atoms with Crippen molar-refractivity contribution in [3.63, 3.8) is 0 Å². The molecule has 8 nitrogen and oxygen atoms in total. The van der Waals surface area contributed by atoms with E-state index < -0.39 is 12.0 Å². The molecule has 122 valence electrons. The van der Waals surface area contributed by atoms with Gasteiger partial charge in [-0.05, 0) is 30.2 Å². The molecular formula is C15H17N3O5. The average molecular weight is 319 g/mol. The summed E-state index contributed by atoms with van der Waals surface area (Å²) in [5.41, 5.74) is 1.66. The Kier molecular flexibility index (Phi) is 5.42. The van der Waals surface area contributed by atoms with Crippen LogP contribution in [-0.4, -0.2) is 41.8 Å². The molecule has 1 fully saturated rings. The lowest BCUT2D eigenvalue weighted by Gasteiger charge is -2.22. The van der Waals surface area contributed by atoms with Crippen molar-refractivity contribution >= 4 is 29.8 Å². The highest BCUT2D eigenvalue weighted by Crippen LogP contribution is 2.15. The second kappa shape index (κ2) is 7.50. The summed E-state index contributed by atoms with van der Waals surface area (Å²) in [6.07, 6.45) is 1.37. The molecule has 1 heterocycles. The summed E-state index contributed by atoms with van der Waals surface area (Å²) in [5, 5.41) is 16.6. The van der Waals surface area contributed by atoms with E-state index in [0.29, 0.717) is 29.5 Å². The second-order valence-corrected chi connectivity index (χ2v) is 5.16. The van der Waals surface area contributed by atoms with Gasteiger partial charge in [-0.1, -0.05) is 0 Å². The monoisotopic (exact) mass is 319 g/mol. The highest BCUT2D eigenvalue weighted by Gasteiger charge is 2.26. The predicted octanol–water partition coefficient (Wildman–Crippen LogP) is -0.110. The first-order valence-electron chi connectivity index (χ1n) is 7.10. The number of benzene rings is 1. The maximum Gasteiger partial charge on any atom is 0.322 e. The molecule has 23 heavy (non-hydrogen) atoms. The number of imide groups is 1. The molecule has 1 aliphatic heterocycles. The number of carboxylic acids is 1. The van der Waals surface area contributed by atoms with Crippen LogP contribution in [0.5, 0.6) is 0 Å². The number of aldehydes is 1. The topological polar surface area (TPSA) is 125 Å². The number of aliphatic carboxylic acids is 1. The molecule has 2 amide bonds. The number of nitrogens with one attached hydrogen (secondary N) is 3. The van der Waals surface area contributed by atoms with Crippen LogP contribution in [0.3, 0.4) is 0 Å². The van der Waals surface area contributed by atoms with Gasteiger partial charge in [0.1, 0.15) is 12.8 Å². The van der Waals surface area contributed by atoms with Gasteiger partial charge in [0.2, 0.25) is 11.8 Å². The number of carbonyl (C=O) groups excluding carboxylic acids is 3. The molecule has 0 radical (unpaired) electrons. The number of hydrogen-bond donors (Lipinski definition) is 4. The van der Waals surface area contributed by atoms with Crippen LogP contribution in [0, 0.1) is 0 Å². The third kappa shape index (κ3) is 4.62. The van der Waals surface area contributed by atoms with Gasteiger partial charge in [-0.2, -0.15) is 0 Å². The van der Waals surface area contributed by atoms with E-state index >= 15 is 0 Å². The van der Waals surface area contributed by atoms with Gasteiger partial charge in [-0.3, -0.25) is 24.5 Å². The number of carbonyl (C=O) groups is 4. The van der Waals surface area contributed by atoms with Crippen molar-refractivity contribution in [3.8, 4) is 0 Å². The van der Waals surface area contributed by atoms with Gasteiger partial charge in [-0.25, -0.2) is 0 Å². The summed E-state index contributed by atoms with van der Waals surface area (Å²) in [6, 6.07) is 4.36. The Bertz CT molecular complexity index is 644. The van der Waals surface area contributed by atoms with Gasteiger partial charge >= 0.3 is 5.97 Å². The normalized spacial score (nSPS) is 17.5. The number of piperidine rings is 1. The molecule has 4 N–H and O–H groups in total. The third-order valence-corrected chi connectivity index (χ3v) is 3.49. The maximum absolute atomic E-state index is 11.7. The summed E-state index contributed by atoms with van der Waals surface area (Å²) in [7, 11) is 0. The Hall–Kier alpha value is -2.74. The quantitative estimate of drug-likeness (QED) is 0.408. The number of carboxylic acid groups (broad SMARTS) is 1. The Balaban J connectivity index is 2.03. The molecule has 0 aliphatic carbocycles. The van der Waals surface area contributed by atoms with Gasteiger partial charge in [-0.15, -0.1) is 0 Å². The van der Waals surface area contributed by atoms with Gasteiger partial charge in [0.25, 0.3) is 0 Å². The van der Waals surface area contributed by atoms with E-state index in [1.165, 1.54) is 0 Å². The fraction of sp³-hybridized carbons (Fsp3) is 0.333. The highest BCUT2D eigenvalue weighted by molar-refractivity contribution is 6.00. The lowest BCUT2D eigenvalue weighted by atomic mass is 10.0.